The number of hydrogen-bond acceptors (Lipinski definition) is 1. The van der Waals surface area contributed by atoms with E-state index in [1.165, 1.54) is 0 Å². The van der Waals surface area contributed by atoms with Gasteiger partial charge in [0.1, 0.15) is 0 Å². The van der Waals surface area contributed by atoms with Crippen molar-refractivity contribution < 1.29 is 13.2 Å². The van der Waals surface area contributed by atoms with Gasteiger partial charge in [-0.3, -0.25) is 4.99 Å². The van der Waals surface area contributed by atoms with Crippen molar-refractivity contribution in [2.45, 2.75) is 51.7 Å². The van der Waals surface area contributed by atoms with E-state index in [1.54, 1.807) is 0 Å². The minimum Gasteiger partial charge on any atom is -0.370 e. The molecule has 0 heterocycles. The molecule has 96 valence electrons. The fourth-order valence-electron chi connectivity index (χ4n) is 1.04. The van der Waals surface area contributed by atoms with Crippen LogP contribution in [0, 0.1) is 0 Å². The molecule has 3 N–H and O–H groups in total. The Hall–Kier alpha value is -0.940. The molecule has 0 saturated heterocycles. The van der Waals surface area contributed by atoms with Crippen LogP contribution < -0.4 is 11.1 Å². The lowest BCUT2D eigenvalue weighted by Gasteiger charge is -2.11. The molecule has 0 aromatic heterocycles. The Balaban J connectivity index is 3.59. The number of nitrogens with one attached hydrogen (secondary N) is 1. The van der Waals surface area contributed by atoms with E-state index in [9.17, 15) is 13.2 Å². The Morgan fingerprint density at radius 2 is 2.00 bits per heavy atom. The molecule has 0 aromatic rings. The number of guanidine groups is 1. The van der Waals surface area contributed by atoms with Crippen LogP contribution in [0.1, 0.15) is 39.5 Å². The average molecular weight is 239 g/mol. The summed E-state index contributed by atoms with van der Waals surface area (Å²) in [6.07, 6.45) is -3.39. The summed E-state index contributed by atoms with van der Waals surface area (Å²) in [6.45, 7) is 4.31. The summed E-state index contributed by atoms with van der Waals surface area (Å²) in [5.74, 6) is 0.307. The molecular weight excluding hydrogens is 219 g/mol. The van der Waals surface area contributed by atoms with Crippen LogP contribution in [0.2, 0.25) is 0 Å². The summed E-state index contributed by atoms with van der Waals surface area (Å²) >= 11 is 0. The summed E-state index contributed by atoms with van der Waals surface area (Å²) in [5.41, 5.74) is 5.53. The molecule has 0 aliphatic carbocycles. The first-order valence-corrected chi connectivity index (χ1v) is 5.48. The maximum atomic E-state index is 11.8. The summed E-state index contributed by atoms with van der Waals surface area (Å²) in [5, 5.41) is 2.94. The fraction of sp³-hybridized carbons (Fsp3) is 0.900. The maximum absolute atomic E-state index is 11.8. The van der Waals surface area contributed by atoms with E-state index in [0.717, 1.165) is 6.42 Å². The van der Waals surface area contributed by atoms with Crippen LogP contribution in [-0.2, 0) is 0 Å². The van der Waals surface area contributed by atoms with Gasteiger partial charge in [-0.25, -0.2) is 0 Å². The SMILES string of the molecule is CCC(C)NC(N)=NCCCCC(F)(F)F. The Bertz CT molecular complexity index is 214. The first kappa shape index (κ1) is 15.1. The molecule has 0 bridgehead atoms. The third-order valence-corrected chi connectivity index (χ3v) is 2.16. The van der Waals surface area contributed by atoms with Gasteiger partial charge in [-0.2, -0.15) is 13.2 Å². The Morgan fingerprint density at radius 3 is 2.50 bits per heavy atom. The molecule has 1 unspecified atom stereocenters. The highest BCUT2D eigenvalue weighted by molar-refractivity contribution is 5.78. The molecule has 16 heavy (non-hydrogen) atoms. The van der Waals surface area contributed by atoms with Crippen molar-refractivity contribution in [3.05, 3.63) is 0 Å². The molecule has 0 fully saturated rings. The highest BCUT2D eigenvalue weighted by Crippen LogP contribution is 2.21. The van der Waals surface area contributed by atoms with E-state index in [-0.39, 0.29) is 12.5 Å². The number of rotatable bonds is 6. The third-order valence-electron chi connectivity index (χ3n) is 2.16. The minimum atomic E-state index is -4.07. The van der Waals surface area contributed by atoms with Crippen LogP contribution in [0.5, 0.6) is 0 Å². The Morgan fingerprint density at radius 1 is 1.38 bits per heavy atom. The molecule has 0 spiro atoms. The van der Waals surface area contributed by atoms with E-state index in [0.29, 0.717) is 18.9 Å². The van der Waals surface area contributed by atoms with Gasteiger partial charge in [0.25, 0.3) is 0 Å². The Kier molecular flexibility index (Phi) is 6.92. The third kappa shape index (κ3) is 9.61. The van der Waals surface area contributed by atoms with Crippen molar-refractivity contribution in [2.24, 2.45) is 10.7 Å². The zero-order valence-corrected chi connectivity index (χ0v) is 9.77. The lowest BCUT2D eigenvalue weighted by Crippen LogP contribution is -2.38. The molecule has 0 radical (unpaired) electrons. The molecule has 0 rings (SSSR count). The lowest BCUT2D eigenvalue weighted by atomic mass is 10.2. The topological polar surface area (TPSA) is 50.4 Å². The summed E-state index contributed by atoms with van der Waals surface area (Å²) in [7, 11) is 0. The number of unbranched alkanes of at least 4 members (excludes halogenated alkanes) is 1. The highest BCUT2D eigenvalue weighted by Gasteiger charge is 2.25. The molecule has 0 aliphatic rings. The number of nitrogens with zero attached hydrogens (tertiary/aromatic N) is 1. The number of aliphatic imine (C=N–C) groups is 1. The van der Waals surface area contributed by atoms with Crippen molar-refractivity contribution in [1.82, 2.24) is 5.32 Å². The zero-order chi connectivity index (χ0) is 12.6. The van der Waals surface area contributed by atoms with Gasteiger partial charge in [-0.15, -0.1) is 0 Å². The molecule has 3 nitrogen and oxygen atoms in total. The van der Waals surface area contributed by atoms with Gasteiger partial charge in [0.05, 0.1) is 0 Å². The largest absolute Gasteiger partial charge is 0.389 e. The quantitative estimate of drug-likeness (QED) is 0.425. The molecule has 0 aliphatic heterocycles. The van der Waals surface area contributed by atoms with Crippen LogP contribution in [0.25, 0.3) is 0 Å². The van der Waals surface area contributed by atoms with Crippen molar-refractivity contribution in [3.8, 4) is 0 Å². The summed E-state index contributed by atoms with van der Waals surface area (Å²) < 4.78 is 35.4. The standard InChI is InChI=1S/C10H20F3N3/c1-3-8(2)16-9(14)15-7-5-4-6-10(11,12)13/h8H,3-7H2,1-2H3,(H3,14,15,16). The van der Waals surface area contributed by atoms with Crippen molar-refractivity contribution >= 4 is 5.96 Å². The number of halogens is 3. The van der Waals surface area contributed by atoms with Crippen molar-refractivity contribution in [1.29, 1.82) is 0 Å². The first-order valence-electron chi connectivity index (χ1n) is 5.48. The van der Waals surface area contributed by atoms with E-state index in [4.69, 9.17) is 5.73 Å². The summed E-state index contributed by atoms with van der Waals surface area (Å²) in [6, 6.07) is 0.235. The number of nitrogens with two attached hydrogens (primary N) is 1. The number of alkyl halides is 3. The van der Waals surface area contributed by atoms with Crippen LogP contribution in [0.4, 0.5) is 13.2 Å². The van der Waals surface area contributed by atoms with E-state index < -0.39 is 12.6 Å². The van der Waals surface area contributed by atoms with E-state index in [1.807, 2.05) is 13.8 Å². The van der Waals surface area contributed by atoms with Gasteiger partial charge < -0.3 is 11.1 Å². The second kappa shape index (κ2) is 7.35. The minimum absolute atomic E-state index is 0.101. The van der Waals surface area contributed by atoms with Crippen molar-refractivity contribution in [2.75, 3.05) is 6.54 Å². The molecular formula is C10H20F3N3. The molecule has 6 heteroatoms. The van der Waals surface area contributed by atoms with Gasteiger partial charge in [0.15, 0.2) is 5.96 Å². The van der Waals surface area contributed by atoms with Gasteiger partial charge in [0.2, 0.25) is 0 Å². The highest BCUT2D eigenvalue weighted by atomic mass is 19.4. The fourth-order valence-corrected chi connectivity index (χ4v) is 1.04. The van der Waals surface area contributed by atoms with Crippen LogP contribution >= 0.6 is 0 Å². The van der Waals surface area contributed by atoms with E-state index >= 15 is 0 Å². The van der Waals surface area contributed by atoms with Gasteiger partial charge in [-0.1, -0.05) is 6.92 Å². The van der Waals surface area contributed by atoms with Crippen LogP contribution in [0.15, 0.2) is 4.99 Å². The molecule has 1 atom stereocenters. The molecule has 0 amide bonds. The van der Waals surface area contributed by atoms with Gasteiger partial charge in [0, 0.05) is 19.0 Å². The Labute approximate surface area is 94.3 Å². The first-order chi connectivity index (χ1) is 7.35. The van der Waals surface area contributed by atoms with Gasteiger partial charge >= 0.3 is 6.18 Å². The van der Waals surface area contributed by atoms with Crippen LogP contribution in [-0.4, -0.2) is 24.7 Å². The predicted molar refractivity (Wildman–Crippen MR) is 59.3 cm³/mol. The second-order valence-electron chi connectivity index (χ2n) is 3.79. The normalized spacial score (nSPS) is 14.9. The predicted octanol–water partition coefficient (Wildman–Crippen LogP) is 2.42. The molecule has 0 saturated carbocycles. The number of hydrogen-bond donors (Lipinski definition) is 2. The molecule has 0 aromatic carbocycles. The van der Waals surface area contributed by atoms with E-state index in [2.05, 4.69) is 10.3 Å². The van der Waals surface area contributed by atoms with Crippen LogP contribution in [0.3, 0.4) is 0 Å². The zero-order valence-electron chi connectivity index (χ0n) is 9.77. The maximum Gasteiger partial charge on any atom is 0.389 e. The lowest BCUT2D eigenvalue weighted by molar-refractivity contribution is -0.135. The van der Waals surface area contributed by atoms with Crippen molar-refractivity contribution in [3.63, 3.8) is 0 Å². The van der Waals surface area contributed by atoms with Gasteiger partial charge in [-0.05, 0) is 26.2 Å². The monoisotopic (exact) mass is 239 g/mol. The average Bonchev–Trinajstić information content (AvgIpc) is 2.15. The second-order valence-corrected chi connectivity index (χ2v) is 3.79. The summed E-state index contributed by atoms with van der Waals surface area (Å²) in [4.78, 5) is 3.95. The smallest absolute Gasteiger partial charge is 0.370 e.